The Bertz CT molecular complexity index is 496. The third-order valence-electron chi connectivity index (χ3n) is 2.28. The molecule has 0 fully saturated rings. The Morgan fingerprint density at radius 2 is 1.71 bits per heavy atom. The molecule has 0 saturated carbocycles. The standard InChI is InChI=1S/C12H15N5/c1-13-11-14-10(9-7-5-4-6-8-9)15-12(16-11)17(2)3/h4-8H,1-3H3,(H,13,14,15,16). The number of hydrogen-bond acceptors (Lipinski definition) is 5. The zero-order valence-electron chi connectivity index (χ0n) is 10.2. The van der Waals surface area contributed by atoms with Crippen molar-refractivity contribution in [1.29, 1.82) is 0 Å². The van der Waals surface area contributed by atoms with E-state index in [1.807, 2.05) is 49.3 Å². The third kappa shape index (κ3) is 2.50. The summed E-state index contributed by atoms with van der Waals surface area (Å²) in [6.07, 6.45) is 0. The quantitative estimate of drug-likeness (QED) is 0.867. The largest absolute Gasteiger partial charge is 0.357 e. The number of hydrogen-bond donors (Lipinski definition) is 1. The minimum atomic E-state index is 0.572. The molecule has 1 aromatic carbocycles. The van der Waals surface area contributed by atoms with Crippen LogP contribution in [0, 0.1) is 0 Å². The fraction of sp³-hybridized carbons (Fsp3) is 0.250. The molecule has 1 aromatic heterocycles. The molecule has 0 bridgehead atoms. The second-order valence-electron chi connectivity index (χ2n) is 3.79. The van der Waals surface area contributed by atoms with Gasteiger partial charge in [-0.1, -0.05) is 30.3 Å². The van der Waals surface area contributed by atoms with E-state index >= 15 is 0 Å². The van der Waals surface area contributed by atoms with Crippen molar-refractivity contribution in [3.05, 3.63) is 30.3 Å². The van der Waals surface area contributed by atoms with Gasteiger partial charge >= 0.3 is 0 Å². The van der Waals surface area contributed by atoms with Gasteiger partial charge in [0, 0.05) is 26.7 Å². The SMILES string of the molecule is CNc1nc(-c2ccccc2)nc(N(C)C)n1. The first-order valence-electron chi connectivity index (χ1n) is 5.37. The van der Waals surface area contributed by atoms with Crippen molar-refractivity contribution >= 4 is 11.9 Å². The smallest absolute Gasteiger partial charge is 0.230 e. The summed E-state index contributed by atoms with van der Waals surface area (Å²) in [7, 11) is 5.61. The summed E-state index contributed by atoms with van der Waals surface area (Å²) in [4.78, 5) is 14.9. The zero-order valence-corrected chi connectivity index (χ0v) is 10.2. The van der Waals surface area contributed by atoms with Crippen LogP contribution in [-0.2, 0) is 0 Å². The topological polar surface area (TPSA) is 53.9 Å². The highest BCUT2D eigenvalue weighted by molar-refractivity contribution is 5.57. The maximum atomic E-state index is 4.41. The van der Waals surface area contributed by atoms with Crippen molar-refractivity contribution in [2.24, 2.45) is 0 Å². The monoisotopic (exact) mass is 229 g/mol. The molecular formula is C12H15N5. The zero-order chi connectivity index (χ0) is 12.3. The van der Waals surface area contributed by atoms with E-state index in [0.717, 1.165) is 5.56 Å². The van der Waals surface area contributed by atoms with E-state index in [0.29, 0.717) is 17.7 Å². The Morgan fingerprint density at radius 3 is 2.29 bits per heavy atom. The van der Waals surface area contributed by atoms with E-state index in [-0.39, 0.29) is 0 Å². The number of nitrogens with zero attached hydrogens (tertiary/aromatic N) is 4. The van der Waals surface area contributed by atoms with Crippen LogP contribution in [0.2, 0.25) is 0 Å². The molecule has 0 radical (unpaired) electrons. The summed E-state index contributed by atoms with van der Waals surface area (Å²) in [5, 5.41) is 2.94. The molecule has 88 valence electrons. The van der Waals surface area contributed by atoms with Gasteiger partial charge < -0.3 is 10.2 Å². The lowest BCUT2D eigenvalue weighted by atomic mass is 10.2. The predicted molar refractivity (Wildman–Crippen MR) is 69.1 cm³/mol. The average Bonchev–Trinajstić information content (AvgIpc) is 2.39. The first-order valence-corrected chi connectivity index (χ1v) is 5.37. The van der Waals surface area contributed by atoms with Crippen LogP contribution in [0.15, 0.2) is 30.3 Å². The molecule has 1 N–H and O–H groups in total. The van der Waals surface area contributed by atoms with Crippen LogP contribution in [0.3, 0.4) is 0 Å². The molecule has 0 spiro atoms. The van der Waals surface area contributed by atoms with E-state index in [9.17, 15) is 0 Å². The Hall–Kier alpha value is -2.17. The van der Waals surface area contributed by atoms with Gasteiger partial charge in [0.25, 0.3) is 0 Å². The van der Waals surface area contributed by atoms with Crippen molar-refractivity contribution in [3.63, 3.8) is 0 Å². The van der Waals surface area contributed by atoms with E-state index in [1.165, 1.54) is 0 Å². The van der Waals surface area contributed by atoms with Gasteiger partial charge in [-0.05, 0) is 0 Å². The predicted octanol–water partition coefficient (Wildman–Crippen LogP) is 1.65. The molecule has 2 rings (SSSR count). The highest BCUT2D eigenvalue weighted by atomic mass is 15.3. The normalized spacial score (nSPS) is 10.1. The Labute approximate surface area is 101 Å². The molecule has 17 heavy (non-hydrogen) atoms. The molecule has 0 aliphatic heterocycles. The molecule has 0 aliphatic carbocycles. The Morgan fingerprint density at radius 1 is 1.00 bits per heavy atom. The van der Waals surface area contributed by atoms with Crippen molar-refractivity contribution in [2.45, 2.75) is 0 Å². The second kappa shape index (κ2) is 4.78. The molecule has 0 unspecified atom stereocenters. The van der Waals surface area contributed by atoms with Crippen molar-refractivity contribution < 1.29 is 0 Å². The number of benzene rings is 1. The maximum Gasteiger partial charge on any atom is 0.230 e. The van der Waals surface area contributed by atoms with E-state index < -0.39 is 0 Å². The summed E-state index contributed by atoms with van der Waals surface area (Å²) in [6.45, 7) is 0. The van der Waals surface area contributed by atoms with Gasteiger partial charge in [0.1, 0.15) is 0 Å². The molecule has 2 aromatic rings. The number of anilines is 2. The van der Waals surface area contributed by atoms with Gasteiger partial charge in [-0.15, -0.1) is 0 Å². The second-order valence-corrected chi connectivity index (χ2v) is 3.79. The van der Waals surface area contributed by atoms with E-state index in [1.54, 1.807) is 7.05 Å². The minimum absolute atomic E-state index is 0.572. The van der Waals surface area contributed by atoms with Crippen molar-refractivity contribution in [2.75, 3.05) is 31.4 Å². The van der Waals surface area contributed by atoms with Gasteiger partial charge in [-0.3, -0.25) is 0 Å². The fourth-order valence-electron chi connectivity index (χ4n) is 1.39. The molecule has 5 heteroatoms. The van der Waals surface area contributed by atoms with Gasteiger partial charge in [0.15, 0.2) is 5.82 Å². The lowest BCUT2D eigenvalue weighted by Crippen LogP contribution is -2.15. The highest BCUT2D eigenvalue weighted by Crippen LogP contribution is 2.17. The third-order valence-corrected chi connectivity index (χ3v) is 2.28. The first kappa shape index (κ1) is 11.3. The van der Waals surface area contributed by atoms with Crippen LogP contribution in [0.25, 0.3) is 11.4 Å². The van der Waals surface area contributed by atoms with Crippen LogP contribution < -0.4 is 10.2 Å². The van der Waals surface area contributed by atoms with Crippen LogP contribution in [0.1, 0.15) is 0 Å². The summed E-state index contributed by atoms with van der Waals surface area (Å²) >= 11 is 0. The minimum Gasteiger partial charge on any atom is -0.357 e. The number of rotatable bonds is 3. The molecule has 0 aliphatic rings. The summed E-state index contributed by atoms with van der Waals surface area (Å²) in [5.41, 5.74) is 0.981. The van der Waals surface area contributed by atoms with E-state index in [2.05, 4.69) is 20.3 Å². The van der Waals surface area contributed by atoms with Crippen molar-refractivity contribution in [1.82, 2.24) is 15.0 Å². The van der Waals surface area contributed by atoms with Crippen molar-refractivity contribution in [3.8, 4) is 11.4 Å². The lowest BCUT2D eigenvalue weighted by Gasteiger charge is -2.12. The molecule has 5 nitrogen and oxygen atoms in total. The number of nitrogens with one attached hydrogen (secondary N) is 1. The molecule has 0 atom stereocenters. The Balaban J connectivity index is 2.50. The lowest BCUT2D eigenvalue weighted by molar-refractivity contribution is 0.963. The van der Waals surface area contributed by atoms with Gasteiger partial charge in [0.05, 0.1) is 0 Å². The van der Waals surface area contributed by atoms with Crippen LogP contribution in [0.4, 0.5) is 11.9 Å². The maximum absolute atomic E-state index is 4.41. The number of aromatic nitrogens is 3. The van der Waals surface area contributed by atoms with Gasteiger partial charge in [-0.25, -0.2) is 0 Å². The highest BCUT2D eigenvalue weighted by Gasteiger charge is 2.08. The summed E-state index contributed by atoms with van der Waals surface area (Å²) < 4.78 is 0. The Kier molecular flexibility index (Phi) is 3.18. The van der Waals surface area contributed by atoms with Gasteiger partial charge in [0.2, 0.25) is 11.9 Å². The first-order chi connectivity index (χ1) is 8.20. The van der Waals surface area contributed by atoms with E-state index in [4.69, 9.17) is 0 Å². The van der Waals surface area contributed by atoms with Crippen LogP contribution >= 0.6 is 0 Å². The van der Waals surface area contributed by atoms with Gasteiger partial charge in [-0.2, -0.15) is 15.0 Å². The molecular weight excluding hydrogens is 214 g/mol. The molecule has 0 amide bonds. The summed E-state index contributed by atoms with van der Waals surface area (Å²) in [5.74, 6) is 1.89. The molecule has 1 heterocycles. The fourth-order valence-corrected chi connectivity index (χ4v) is 1.39. The summed E-state index contributed by atoms with van der Waals surface area (Å²) in [6, 6.07) is 9.86. The van der Waals surface area contributed by atoms with Crippen LogP contribution in [0.5, 0.6) is 0 Å². The average molecular weight is 229 g/mol. The molecule has 0 saturated heterocycles. The van der Waals surface area contributed by atoms with Crippen LogP contribution in [-0.4, -0.2) is 36.1 Å².